The molecule has 1 saturated heterocycles. The van der Waals surface area contributed by atoms with E-state index in [9.17, 15) is 14.4 Å². The summed E-state index contributed by atoms with van der Waals surface area (Å²) >= 11 is 10.3. The first-order valence-electron chi connectivity index (χ1n) is 11.2. The lowest BCUT2D eigenvalue weighted by molar-refractivity contribution is -0.122. The van der Waals surface area contributed by atoms with Crippen LogP contribution in [0.15, 0.2) is 73.6 Å². The molecular weight excluding hydrogens is 672 g/mol. The van der Waals surface area contributed by atoms with Crippen LogP contribution in [0.1, 0.15) is 23.6 Å². The second-order valence-electron chi connectivity index (χ2n) is 8.07. The fraction of sp³-hybridized carbons (Fsp3) is 0.148. The lowest BCUT2D eigenvalue weighted by atomic mass is 10.1. The van der Waals surface area contributed by atoms with Crippen LogP contribution in [0.2, 0.25) is 0 Å². The van der Waals surface area contributed by atoms with Crippen LogP contribution in [0.4, 0.5) is 10.5 Å². The number of amides is 4. The van der Waals surface area contributed by atoms with Gasteiger partial charge in [0.05, 0.1) is 16.8 Å². The van der Waals surface area contributed by atoms with Gasteiger partial charge >= 0.3 is 6.03 Å². The van der Waals surface area contributed by atoms with Crippen LogP contribution >= 0.6 is 47.8 Å². The molecule has 0 radical (unpaired) electrons. The summed E-state index contributed by atoms with van der Waals surface area (Å²) in [5.41, 5.74) is 2.39. The monoisotopic (exact) mass is 690 g/mol. The number of urea groups is 1. The number of carbonyl (C=O) groups excluding carboxylic acids is 3. The average molecular weight is 693 g/mol. The summed E-state index contributed by atoms with van der Waals surface area (Å²) < 4.78 is 14.2. The molecule has 1 N–H and O–H groups in total. The normalized spacial score (nSPS) is 14.7. The number of hydrogen-bond donors (Lipinski definition) is 1. The molecule has 4 amide bonds. The van der Waals surface area contributed by atoms with E-state index < -0.39 is 17.8 Å². The van der Waals surface area contributed by atoms with Gasteiger partial charge in [0.15, 0.2) is 11.5 Å². The van der Waals surface area contributed by atoms with Gasteiger partial charge in [0.25, 0.3) is 11.8 Å². The number of nitrogens with zero attached hydrogens (tertiary/aromatic N) is 1. The summed E-state index contributed by atoms with van der Waals surface area (Å²) in [6, 6.07) is 15.5. The van der Waals surface area contributed by atoms with E-state index in [1.54, 1.807) is 37.3 Å². The second-order valence-corrected chi connectivity index (χ2v) is 10.8. The standard InChI is InChI=1S/C27H21Br3N2O5/c1-3-36-23-13-17(12-21(30)24(23)37-14-16-4-6-18(28)7-5-16)11-20-25(33)31-27(35)32(26(20)34)22-9-8-19(29)10-15(22)2/h4-13H,3,14H2,1-2H3,(H,31,33,35)/b20-11-. The lowest BCUT2D eigenvalue weighted by Gasteiger charge is -2.27. The topological polar surface area (TPSA) is 84.9 Å². The average Bonchev–Trinajstić information content (AvgIpc) is 2.84. The van der Waals surface area contributed by atoms with Crippen molar-refractivity contribution in [2.45, 2.75) is 20.5 Å². The van der Waals surface area contributed by atoms with E-state index in [1.165, 1.54) is 6.08 Å². The highest BCUT2D eigenvalue weighted by atomic mass is 79.9. The SMILES string of the molecule is CCOc1cc(/C=C2/C(=O)NC(=O)N(c3ccc(Br)cc3C)C2=O)cc(Br)c1OCc1ccc(Br)cc1. The maximum Gasteiger partial charge on any atom is 0.335 e. The summed E-state index contributed by atoms with van der Waals surface area (Å²) in [4.78, 5) is 39.5. The Hall–Kier alpha value is -2.95. The van der Waals surface area contributed by atoms with Gasteiger partial charge in [-0.3, -0.25) is 14.9 Å². The van der Waals surface area contributed by atoms with Gasteiger partial charge in [-0.1, -0.05) is 44.0 Å². The van der Waals surface area contributed by atoms with Gasteiger partial charge in [-0.25, -0.2) is 9.69 Å². The van der Waals surface area contributed by atoms with E-state index in [2.05, 4.69) is 53.1 Å². The predicted octanol–water partition coefficient (Wildman–Crippen LogP) is 6.93. The van der Waals surface area contributed by atoms with Gasteiger partial charge in [-0.15, -0.1) is 0 Å². The molecule has 1 fully saturated rings. The van der Waals surface area contributed by atoms with Gasteiger partial charge in [0.2, 0.25) is 0 Å². The second kappa shape index (κ2) is 11.6. The maximum absolute atomic E-state index is 13.3. The molecule has 0 atom stereocenters. The third-order valence-electron chi connectivity index (χ3n) is 5.44. The van der Waals surface area contributed by atoms with Gasteiger partial charge in [-0.2, -0.15) is 0 Å². The Labute approximate surface area is 239 Å². The molecule has 10 heteroatoms. The van der Waals surface area contributed by atoms with Gasteiger partial charge < -0.3 is 9.47 Å². The van der Waals surface area contributed by atoms with Crippen molar-refractivity contribution >= 4 is 77.4 Å². The van der Waals surface area contributed by atoms with Crippen LogP contribution in [0.3, 0.4) is 0 Å². The molecule has 4 rings (SSSR count). The molecule has 1 aliphatic rings. The van der Waals surface area contributed by atoms with E-state index in [4.69, 9.17) is 9.47 Å². The molecule has 0 bridgehead atoms. The van der Waals surface area contributed by atoms with Crippen molar-refractivity contribution in [3.63, 3.8) is 0 Å². The minimum Gasteiger partial charge on any atom is -0.490 e. The summed E-state index contributed by atoms with van der Waals surface area (Å²) in [7, 11) is 0. The number of carbonyl (C=O) groups is 3. The van der Waals surface area contributed by atoms with Crippen molar-refractivity contribution in [1.29, 1.82) is 0 Å². The molecule has 1 heterocycles. The number of imide groups is 2. The summed E-state index contributed by atoms with van der Waals surface area (Å²) in [6.45, 7) is 4.32. The van der Waals surface area contributed by atoms with Gasteiger partial charge in [0, 0.05) is 8.95 Å². The summed E-state index contributed by atoms with van der Waals surface area (Å²) in [5, 5.41) is 2.25. The Balaban J connectivity index is 1.67. The van der Waals surface area contributed by atoms with E-state index in [0.29, 0.717) is 46.0 Å². The highest BCUT2D eigenvalue weighted by molar-refractivity contribution is 9.11. The molecular formula is C27H21Br3N2O5. The van der Waals surface area contributed by atoms with Crippen molar-refractivity contribution < 1.29 is 23.9 Å². The first-order chi connectivity index (χ1) is 17.7. The minimum absolute atomic E-state index is 0.181. The fourth-order valence-corrected chi connectivity index (χ4v) is 5.04. The van der Waals surface area contributed by atoms with Crippen LogP contribution in [0.5, 0.6) is 11.5 Å². The molecule has 0 unspecified atom stereocenters. The van der Waals surface area contributed by atoms with Crippen LogP contribution in [0, 0.1) is 6.92 Å². The van der Waals surface area contributed by atoms with Crippen LogP contribution < -0.4 is 19.7 Å². The molecule has 37 heavy (non-hydrogen) atoms. The molecule has 3 aromatic rings. The number of anilines is 1. The first-order valence-corrected chi connectivity index (χ1v) is 13.6. The van der Waals surface area contributed by atoms with E-state index in [-0.39, 0.29) is 5.57 Å². The molecule has 7 nitrogen and oxygen atoms in total. The smallest absolute Gasteiger partial charge is 0.335 e. The summed E-state index contributed by atoms with van der Waals surface area (Å²) in [5.74, 6) is -0.552. The minimum atomic E-state index is -0.801. The zero-order valence-corrected chi connectivity index (χ0v) is 24.6. The van der Waals surface area contributed by atoms with Gasteiger partial charge in [0.1, 0.15) is 12.2 Å². The number of benzene rings is 3. The Kier molecular flexibility index (Phi) is 8.51. The lowest BCUT2D eigenvalue weighted by Crippen LogP contribution is -2.54. The quantitative estimate of drug-likeness (QED) is 0.215. The van der Waals surface area contributed by atoms with E-state index >= 15 is 0 Å². The van der Waals surface area contributed by atoms with Crippen molar-refractivity contribution in [2.75, 3.05) is 11.5 Å². The van der Waals surface area contributed by atoms with E-state index in [0.717, 1.165) is 19.4 Å². The van der Waals surface area contributed by atoms with Crippen LogP contribution in [-0.2, 0) is 16.2 Å². The number of rotatable bonds is 7. The summed E-state index contributed by atoms with van der Waals surface area (Å²) in [6.07, 6.45) is 1.43. The number of halogens is 3. The molecule has 0 spiro atoms. The van der Waals surface area contributed by atoms with Crippen molar-refractivity contribution in [3.8, 4) is 11.5 Å². The Bertz CT molecular complexity index is 1420. The highest BCUT2D eigenvalue weighted by Gasteiger charge is 2.37. The number of barbiturate groups is 1. The third kappa shape index (κ3) is 6.14. The number of ether oxygens (including phenoxy) is 2. The highest BCUT2D eigenvalue weighted by Crippen LogP contribution is 2.38. The molecule has 1 aliphatic heterocycles. The van der Waals surface area contributed by atoms with E-state index in [1.807, 2.05) is 31.2 Å². The first kappa shape index (κ1) is 27.1. The zero-order chi connectivity index (χ0) is 26.7. The molecule has 0 aliphatic carbocycles. The molecule has 190 valence electrons. The Morgan fingerprint density at radius 3 is 2.30 bits per heavy atom. The van der Waals surface area contributed by atoms with Crippen LogP contribution in [0.25, 0.3) is 6.08 Å². The molecule has 3 aromatic carbocycles. The molecule has 0 saturated carbocycles. The van der Waals surface area contributed by atoms with Crippen molar-refractivity contribution in [2.24, 2.45) is 0 Å². The fourth-order valence-electron chi connectivity index (χ4n) is 3.72. The van der Waals surface area contributed by atoms with Crippen molar-refractivity contribution in [1.82, 2.24) is 5.32 Å². The predicted molar refractivity (Wildman–Crippen MR) is 152 cm³/mol. The Morgan fingerprint density at radius 1 is 0.919 bits per heavy atom. The van der Waals surface area contributed by atoms with Crippen LogP contribution in [-0.4, -0.2) is 24.5 Å². The van der Waals surface area contributed by atoms with Gasteiger partial charge in [-0.05, 0) is 95.0 Å². The maximum atomic E-state index is 13.3. The van der Waals surface area contributed by atoms with Crippen molar-refractivity contribution in [3.05, 3.63) is 90.3 Å². The third-order valence-corrected chi connectivity index (χ3v) is 7.05. The number of nitrogens with one attached hydrogen (secondary N) is 1. The zero-order valence-electron chi connectivity index (χ0n) is 19.8. The molecule has 0 aromatic heterocycles. The number of hydrogen-bond acceptors (Lipinski definition) is 5. The Morgan fingerprint density at radius 2 is 1.62 bits per heavy atom. The number of aryl methyl sites for hydroxylation is 1. The largest absolute Gasteiger partial charge is 0.490 e.